The van der Waals surface area contributed by atoms with Gasteiger partial charge < -0.3 is 14.5 Å². The van der Waals surface area contributed by atoms with E-state index in [9.17, 15) is 4.79 Å². The lowest BCUT2D eigenvalue weighted by Crippen LogP contribution is -2.00. The van der Waals surface area contributed by atoms with Crippen molar-refractivity contribution in [3.05, 3.63) is 64.3 Å². The van der Waals surface area contributed by atoms with Gasteiger partial charge in [0.15, 0.2) is 0 Å². The van der Waals surface area contributed by atoms with E-state index in [0.29, 0.717) is 18.1 Å². The lowest BCUT2D eigenvalue weighted by atomic mass is 10.2. The molecule has 0 aliphatic rings. The maximum Gasteiger partial charge on any atom is 0.354 e. The van der Waals surface area contributed by atoms with Gasteiger partial charge in [0.25, 0.3) is 0 Å². The summed E-state index contributed by atoms with van der Waals surface area (Å²) in [5.74, 6) is 0.311. The van der Waals surface area contributed by atoms with Gasteiger partial charge in [-0.1, -0.05) is 30.3 Å². The maximum absolute atomic E-state index is 11.7. The minimum Gasteiger partial charge on any atom is -0.488 e. The highest BCUT2D eigenvalue weighted by Crippen LogP contribution is 2.32. The molecule has 3 aromatic rings. The molecule has 0 atom stereocenters. The van der Waals surface area contributed by atoms with Crippen molar-refractivity contribution in [3.63, 3.8) is 0 Å². The molecule has 1 N–H and O–H groups in total. The second kappa shape index (κ2) is 6.23. The van der Waals surface area contributed by atoms with Gasteiger partial charge >= 0.3 is 5.97 Å². The number of rotatable bonds is 4. The molecule has 0 spiro atoms. The van der Waals surface area contributed by atoms with E-state index < -0.39 is 5.97 Å². The number of methoxy groups -OCH3 is 1. The average molecular weight is 360 g/mol. The van der Waals surface area contributed by atoms with Crippen LogP contribution < -0.4 is 4.74 Å². The summed E-state index contributed by atoms with van der Waals surface area (Å²) in [6.07, 6.45) is 0. The second-order valence-corrected chi connectivity index (χ2v) is 5.64. The molecule has 1 heterocycles. The zero-order chi connectivity index (χ0) is 15.5. The number of ether oxygens (including phenoxy) is 2. The predicted octanol–water partition coefficient (Wildman–Crippen LogP) is 4.30. The van der Waals surface area contributed by atoms with Crippen molar-refractivity contribution in [1.29, 1.82) is 0 Å². The molecule has 0 saturated heterocycles. The van der Waals surface area contributed by atoms with Crippen LogP contribution in [-0.4, -0.2) is 18.1 Å². The summed E-state index contributed by atoms with van der Waals surface area (Å²) in [5.41, 5.74) is 2.29. The van der Waals surface area contributed by atoms with Crippen LogP contribution in [-0.2, 0) is 11.3 Å². The lowest BCUT2D eigenvalue weighted by Gasteiger charge is -2.08. The Morgan fingerprint density at radius 1 is 1.18 bits per heavy atom. The van der Waals surface area contributed by atoms with Crippen molar-refractivity contribution < 1.29 is 14.3 Å². The number of carbonyl (C=O) groups is 1. The van der Waals surface area contributed by atoms with Gasteiger partial charge in [0.2, 0.25) is 0 Å². The lowest BCUT2D eigenvalue weighted by molar-refractivity contribution is 0.0595. The molecular formula is C17H14BrNO3. The maximum atomic E-state index is 11.7. The zero-order valence-corrected chi connectivity index (χ0v) is 13.5. The number of aromatic nitrogens is 1. The van der Waals surface area contributed by atoms with Crippen LogP contribution in [0.5, 0.6) is 5.75 Å². The van der Waals surface area contributed by atoms with E-state index in [-0.39, 0.29) is 0 Å². The fourth-order valence-corrected chi connectivity index (χ4v) is 2.69. The molecule has 2 aromatic carbocycles. The number of hydrogen-bond donors (Lipinski definition) is 1. The number of hydrogen-bond acceptors (Lipinski definition) is 3. The molecule has 0 saturated carbocycles. The first kappa shape index (κ1) is 14.7. The van der Waals surface area contributed by atoms with Crippen LogP contribution in [0.1, 0.15) is 16.1 Å². The molecule has 0 bridgehead atoms. The third-order valence-corrected chi connectivity index (χ3v) is 4.01. The van der Waals surface area contributed by atoms with Crippen molar-refractivity contribution in [2.24, 2.45) is 0 Å². The van der Waals surface area contributed by atoms with Gasteiger partial charge in [-0.3, -0.25) is 0 Å². The second-order valence-electron chi connectivity index (χ2n) is 4.78. The number of carbonyl (C=O) groups excluding carboxylic acids is 1. The molecule has 22 heavy (non-hydrogen) atoms. The Hall–Kier alpha value is -2.27. The van der Waals surface area contributed by atoms with E-state index in [4.69, 9.17) is 9.47 Å². The van der Waals surface area contributed by atoms with Crippen LogP contribution in [0.15, 0.2) is 53.0 Å². The van der Waals surface area contributed by atoms with Crippen LogP contribution in [0, 0.1) is 0 Å². The molecule has 4 nitrogen and oxygen atoms in total. The van der Waals surface area contributed by atoms with Crippen molar-refractivity contribution >= 4 is 32.8 Å². The highest BCUT2D eigenvalue weighted by Gasteiger charge is 2.14. The van der Waals surface area contributed by atoms with E-state index in [1.807, 2.05) is 42.5 Å². The molecule has 0 amide bonds. The van der Waals surface area contributed by atoms with Gasteiger partial charge in [0.1, 0.15) is 18.1 Å². The molecule has 0 radical (unpaired) electrons. The smallest absolute Gasteiger partial charge is 0.354 e. The highest BCUT2D eigenvalue weighted by molar-refractivity contribution is 9.10. The number of aromatic amines is 1. The Morgan fingerprint density at radius 3 is 2.68 bits per heavy atom. The van der Waals surface area contributed by atoms with Crippen molar-refractivity contribution in [3.8, 4) is 5.75 Å². The number of halogens is 1. The number of fused-ring (bicyclic) bond motifs is 1. The summed E-state index contributed by atoms with van der Waals surface area (Å²) < 4.78 is 11.5. The van der Waals surface area contributed by atoms with Crippen LogP contribution in [0.2, 0.25) is 0 Å². The van der Waals surface area contributed by atoms with Crippen LogP contribution in [0.25, 0.3) is 10.9 Å². The number of esters is 1. The first-order chi connectivity index (χ1) is 10.7. The topological polar surface area (TPSA) is 51.3 Å². The summed E-state index contributed by atoms with van der Waals surface area (Å²) in [6, 6.07) is 15.4. The van der Waals surface area contributed by atoms with Gasteiger partial charge in [-0.05, 0) is 39.7 Å². The van der Waals surface area contributed by atoms with Crippen LogP contribution in [0.3, 0.4) is 0 Å². The van der Waals surface area contributed by atoms with Gasteiger partial charge in [0, 0.05) is 9.86 Å². The Morgan fingerprint density at radius 2 is 1.95 bits per heavy atom. The van der Waals surface area contributed by atoms with Gasteiger partial charge in [-0.15, -0.1) is 0 Å². The quantitative estimate of drug-likeness (QED) is 0.706. The number of benzene rings is 2. The van der Waals surface area contributed by atoms with Crippen molar-refractivity contribution in [2.45, 2.75) is 6.61 Å². The molecular weight excluding hydrogens is 346 g/mol. The molecule has 0 aliphatic carbocycles. The Labute approximate surface area is 136 Å². The van der Waals surface area contributed by atoms with E-state index in [2.05, 4.69) is 20.9 Å². The summed E-state index contributed by atoms with van der Waals surface area (Å²) >= 11 is 3.47. The molecule has 0 fully saturated rings. The minimum absolute atomic E-state index is 0.397. The summed E-state index contributed by atoms with van der Waals surface area (Å²) in [7, 11) is 1.36. The summed E-state index contributed by atoms with van der Waals surface area (Å²) in [6.45, 7) is 0.469. The van der Waals surface area contributed by atoms with Gasteiger partial charge in [-0.25, -0.2) is 4.79 Å². The van der Waals surface area contributed by atoms with Crippen molar-refractivity contribution in [2.75, 3.05) is 7.11 Å². The summed E-state index contributed by atoms with van der Waals surface area (Å²) in [5, 5.41) is 0.839. The van der Waals surface area contributed by atoms with Gasteiger partial charge in [-0.2, -0.15) is 0 Å². The number of H-pyrrole nitrogens is 1. The molecule has 1 aromatic heterocycles. The molecule has 0 unspecified atom stereocenters. The Balaban J connectivity index is 1.94. The number of nitrogens with one attached hydrogen (secondary N) is 1. The third kappa shape index (κ3) is 2.85. The van der Waals surface area contributed by atoms with Crippen LogP contribution >= 0.6 is 15.9 Å². The minimum atomic E-state index is -0.405. The predicted molar refractivity (Wildman–Crippen MR) is 88.1 cm³/mol. The molecule has 5 heteroatoms. The monoisotopic (exact) mass is 359 g/mol. The van der Waals surface area contributed by atoms with E-state index >= 15 is 0 Å². The first-order valence-corrected chi connectivity index (χ1v) is 7.54. The fraction of sp³-hybridized carbons (Fsp3) is 0.118. The SMILES string of the molecule is COC(=O)c1cc2c(OCc3ccccc3)ccc(Br)c2[nH]1. The first-order valence-electron chi connectivity index (χ1n) is 6.75. The highest BCUT2D eigenvalue weighted by atomic mass is 79.9. The molecule has 3 rings (SSSR count). The van der Waals surface area contributed by atoms with Crippen molar-refractivity contribution in [1.82, 2.24) is 4.98 Å². The summed E-state index contributed by atoms with van der Waals surface area (Å²) in [4.78, 5) is 14.7. The fourth-order valence-electron chi connectivity index (χ4n) is 2.24. The molecule has 0 aliphatic heterocycles. The van der Waals surface area contributed by atoms with Gasteiger partial charge in [0.05, 0.1) is 12.6 Å². The normalized spacial score (nSPS) is 10.6. The zero-order valence-electron chi connectivity index (χ0n) is 11.9. The molecule has 112 valence electrons. The standard InChI is InChI=1S/C17H14BrNO3/c1-21-17(20)14-9-12-15(8-7-13(18)16(12)19-14)22-10-11-5-3-2-4-6-11/h2-9,19H,10H2,1H3. The third-order valence-electron chi connectivity index (χ3n) is 3.35. The van der Waals surface area contributed by atoms with E-state index in [1.54, 1.807) is 6.07 Å². The van der Waals surface area contributed by atoms with E-state index in [1.165, 1.54) is 7.11 Å². The van der Waals surface area contributed by atoms with E-state index in [0.717, 1.165) is 20.9 Å². The average Bonchev–Trinajstić information content (AvgIpc) is 3.01. The van der Waals surface area contributed by atoms with Crippen LogP contribution in [0.4, 0.5) is 0 Å². The Kier molecular flexibility index (Phi) is 4.15. The Bertz CT molecular complexity index is 811. The largest absolute Gasteiger partial charge is 0.488 e.